The highest BCUT2D eigenvalue weighted by atomic mass is 32.1. The highest BCUT2D eigenvalue weighted by molar-refractivity contribution is 7.09. The number of para-hydroxylation sites is 1. The van der Waals surface area contributed by atoms with Crippen molar-refractivity contribution in [2.24, 2.45) is 0 Å². The van der Waals surface area contributed by atoms with Crippen LogP contribution in [-0.2, 0) is 11.3 Å². The van der Waals surface area contributed by atoms with Gasteiger partial charge in [-0.05, 0) is 24.6 Å². The van der Waals surface area contributed by atoms with E-state index < -0.39 is 5.97 Å². The summed E-state index contributed by atoms with van der Waals surface area (Å²) in [5.74, 6) is -0.947. The standard InChI is InChI=1S/C15H16N2O2S/c1-11-16-13(10-20-11)9-17(2)14-6-4-3-5-12(14)7-8-15(18)19/h3-8,10H,9H2,1-2H3,(H,18,19). The number of anilines is 1. The minimum absolute atomic E-state index is 0.697. The summed E-state index contributed by atoms with van der Waals surface area (Å²) in [6.07, 6.45) is 2.76. The van der Waals surface area contributed by atoms with E-state index in [1.807, 2.05) is 43.6 Å². The van der Waals surface area contributed by atoms with Crippen LogP contribution >= 0.6 is 11.3 Å². The Bertz CT molecular complexity index is 634. The van der Waals surface area contributed by atoms with E-state index in [1.54, 1.807) is 17.4 Å². The molecule has 1 aromatic heterocycles. The van der Waals surface area contributed by atoms with Crippen molar-refractivity contribution < 1.29 is 9.90 Å². The molecule has 0 spiro atoms. The molecule has 0 bridgehead atoms. The Labute approximate surface area is 122 Å². The predicted octanol–water partition coefficient (Wildman–Crippen LogP) is 3.19. The molecule has 1 aromatic carbocycles. The topological polar surface area (TPSA) is 53.4 Å². The van der Waals surface area contributed by atoms with Crippen molar-refractivity contribution in [2.75, 3.05) is 11.9 Å². The number of carboxylic acids is 1. The summed E-state index contributed by atoms with van der Waals surface area (Å²) in [4.78, 5) is 17.1. The van der Waals surface area contributed by atoms with Crippen LogP contribution < -0.4 is 4.90 Å². The molecule has 0 amide bonds. The summed E-state index contributed by atoms with van der Waals surface area (Å²) >= 11 is 1.63. The molecule has 4 nitrogen and oxygen atoms in total. The lowest BCUT2D eigenvalue weighted by molar-refractivity contribution is -0.131. The number of benzene rings is 1. The van der Waals surface area contributed by atoms with Crippen molar-refractivity contribution in [1.29, 1.82) is 0 Å². The molecule has 2 aromatic rings. The summed E-state index contributed by atoms with van der Waals surface area (Å²) in [7, 11) is 1.97. The second-order valence-corrected chi connectivity index (χ2v) is 5.51. The average molecular weight is 288 g/mol. The number of carbonyl (C=O) groups is 1. The quantitative estimate of drug-likeness (QED) is 0.859. The number of thiazole rings is 1. The SMILES string of the molecule is Cc1nc(CN(C)c2ccccc2C=CC(=O)O)cs1. The summed E-state index contributed by atoms with van der Waals surface area (Å²) in [5.41, 5.74) is 2.88. The molecule has 0 radical (unpaired) electrons. The van der Waals surface area contributed by atoms with Crippen molar-refractivity contribution >= 4 is 29.1 Å². The number of carboxylic acid groups (broad SMARTS) is 1. The monoisotopic (exact) mass is 288 g/mol. The van der Waals surface area contributed by atoms with Gasteiger partial charge in [-0.3, -0.25) is 0 Å². The molecule has 20 heavy (non-hydrogen) atoms. The lowest BCUT2D eigenvalue weighted by atomic mass is 10.1. The van der Waals surface area contributed by atoms with Gasteiger partial charge >= 0.3 is 5.97 Å². The van der Waals surface area contributed by atoms with Crippen molar-refractivity contribution in [3.8, 4) is 0 Å². The Kier molecular flexibility index (Phi) is 4.53. The van der Waals surface area contributed by atoms with Crippen LogP contribution in [0.25, 0.3) is 6.08 Å². The first kappa shape index (κ1) is 14.3. The molecule has 2 rings (SSSR count). The molecule has 1 N–H and O–H groups in total. The van der Waals surface area contributed by atoms with Crippen LogP contribution in [0.3, 0.4) is 0 Å². The highest BCUT2D eigenvalue weighted by Gasteiger charge is 2.08. The number of aromatic nitrogens is 1. The molecular weight excluding hydrogens is 272 g/mol. The summed E-state index contributed by atoms with van der Waals surface area (Å²) < 4.78 is 0. The zero-order valence-electron chi connectivity index (χ0n) is 11.4. The van der Waals surface area contributed by atoms with Gasteiger partial charge in [-0.2, -0.15) is 0 Å². The van der Waals surface area contributed by atoms with Gasteiger partial charge in [0.2, 0.25) is 0 Å². The molecule has 0 fully saturated rings. The van der Waals surface area contributed by atoms with Gasteiger partial charge in [0, 0.05) is 24.2 Å². The van der Waals surface area contributed by atoms with E-state index >= 15 is 0 Å². The Morgan fingerprint density at radius 3 is 2.85 bits per heavy atom. The van der Waals surface area contributed by atoms with Crippen molar-refractivity contribution in [2.45, 2.75) is 13.5 Å². The van der Waals surface area contributed by atoms with E-state index in [0.717, 1.165) is 28.0 Å². The van der Waals surface area contributed by atoms with Gasteiger partial charge in [-0.1, -0.05) is 18.2 Å². The Morgan fingerprint density at radius 2 is 2.20 bits per heavy atom. The third-order valence-electron chi connectivity index (χ3n) is 2.82. The highest BCUT2D eigenvalue weighted by Crippen LogP contribution is 2.22. The van der Waals surface area contributed by atoms with E-state index in [2.05, 4.69) is 9.88 Å². The third kappa shape index (κ3) is 3.68. The minimum Gasteiger partial charge on any atom is -0.478 e. The second-order valence-electron chi connectivity index (χ2n) is 4.44. The fourth-order valence-corrected chi connectivity index (χ4v) is 2.55. The Hall–Kier alpha value is -2.14. The number of aliphatic carboxylic acids is 1. The molecule has 0 aliphatic rings. The maximum absolute atomic E-state index is 10.6. The third-order valence-corrected chi connectivity index (χ3v) is 3.64. The maximum atomic E-state index is 10.6. The molecule has 0 unspecified atom stereocenters. The number of aryl methyl sites for hydroxylation is 1. The van der Waals surface area contributed by atoms with E-state index in [1.165, 1.54) is 0 Å². The molecule has 0 saturated heterocycles. The van der Waals surface area contributed by atoms with Crippen molar-refractivity contribution in [3.05, 3.63) is 52.0 Å². The molecule has 1 heterocycles. The largest absolute Gasteiger partial charge is 0.478 e. The van der Waals surface area contributed by atoms with Crippen LogP contribution in [0, 0.1) is 6.92 Å². The Balaban J connectivity index is 2.20. The normalized spacial score (nSPS) is 10.9. The summed E-state index contributed by atoms with van der Waals surface area (Å²) in [5, 5.41) is 11.8. The zero-order chi connectivity index (χ0) is 14.5. The van der Waals surface area contributed by atoms with Crippen LogP contribution in [0.5, 0.6) is 0 Å². The smallest absolute Gasteiger partial charge is 0.328 e. The van der Waals surface area contributed by atoms with Crippen LogP contribution in [-0.4, -0.2) is 23.1 Å². The maximum Gasteiger partial charge on any atom is 0.328 e. The zero-order valence-corrected chi connectivity index (χ0v) is 12.2. The van der Waals surface area contributed by atoms with Crippen LogP contribution in [0.1, 0.15) is 16.3 Å². The molecule has 104 valence electrons. The van der Waals surface area contributed by atoms with E-state index in [-0.39, 0.29) is 0 Å². The molecule has 0 aliphatic heterocycles. The number of rotatable bonds is 5. The molecule has 0 atom stereocenters. The summed E-state index contributed by atoms with van der Waals surface area (Å²) in [6, 6.07) is 7.71. The fourth-order valence-electron chi connectivity index (χ4n) is 1.95. The number of hydrogen-bond acceptors (Lipinski definition) is 4. The van der Waals surface area contributed by atoms with Gasteiger partial charge in [0.05, 0.1) is 17.2 Å². The summed E-state index contributed by atoms with van der Waals surface area (Å²) in [6.45, 7) is 2.68. The van der Waals surface area contributed by atoms with Crippen LogP contribution in [0.2, 0.25) is 0 Å². The first-order valence-electron chi connectivity index (χ1n) is 6.18. The van der Waals surface area contributed by atoms with Gasteiger partial charge in [0.15, 0.2) is 0 Å². The number of hydrogen-bond donors (Lipinski definition) is 1. The fraction of sp³-hybridized carbons (Fsp3) is 0.200. The van der Waals surface area contributed by atoms with Gasteiger partial charge in [0.25, 0.3) is 0 Å². The average Bonchev–Trinajstić information content (AvgIpc) is 2.82. The van der Waals surface area contributed by atoms with Gasteiger partial charge in [-0.25, -0.2) is 9.78 Å². The van der Waals surface area contributed by atoms with E-state index in [9.17, 15) is 4.79 Å². The first-order chi connectivity index (χ1) is 9.56. The van der Waals surface area contributed by atoms with Crippen LogP contribution in [0.4, 0.5) is 5.69 Å². The second kappa shape index (κ2) is 6.34. The van der Waals surface area contributed by atoms with Crippen LogP contribution in [0.15, 0.2) is 35.7 Å². The van der Waals surface area contributed by atoms with Crippen molar-refractivity contribution in [3.63, 3.8) is 0 Å². The lowest BCUT2D eigenvalue weighted by Gasteiger charge is -2.20. The molecule has 0 saturated carbocycles. The van der Waals surface area contributed by atoms with E-state index in [4.69, 9.17) is 5.11 Å². The Morgan fingerprint density at radius 1 is 1.45 bits per heavy atom. The molecule has 0 aliphatic carbocycles. The van der Waals surface area contributed by atoms with Gasteiger partial charge < -0.3 is 10.0 Å². The molecular formula is C15H16N2O2S. The first-order valence-corrected chi connectivity index (χ1v) is 7.06. The predicted molar refractivity (Wildman–Crippen MR) is 82.1 cm³/mol. The molecule has 5 heteroatoms. The van der Waals surface area contributed by atoms with E-state index in [0.29, 0.717) is 6.54 Å². The van der Waals surface area contributed by atoms with Gasteiger partial charge in [0.1, 0.15) is 0 Å². The minimum atomic E-state index is -0.947. The van der Waals surface area contributed by atoms with Gasteiger partial charge in [-0.15, -0.1) is 11.3 Å². The van der Waals surface area contributed by atoms with Crippen molar-refractivity contribution in [1.82, 2.24) is 4.98 Å². The lowest BCUT2D eigenvalue weighted by Crippen LogP contribution is -2.17. The number of nitrogens with zero attached hydrogens (tertiary/aromatic N) is 2.